The first-order valence-corrected chi connectivity index (χ1v) is 9.86. The van der Waals surface area contributed by atoms with Gasteiger partial charge in [-0.1, -0.05) is 6.42 Å². The average molecular weight is 359 g/mol. The van der Waals surface area contributed by atoms with Crippen molar-refractivity contribution in [3.8, 4) is 0 Å². The molecule has 7 heteroatoms. The molecule has 1 spiro atoms. The molecule has 2 saturated heterocycles. The molecule has 3 fully saturated rings. The lowest BCUT2D eigenvalue weighted by Gasteiger charge is -2.43. The van der Waals surface area contributed by atoms with Crippen molar-refractivity contribution in [3.63, 3.8) is 0 Å². The summed E-state index contributed by atoms with van der Waals surface area (Å²) in [5.74, 6) is 0.985. The van der Waals surface area contributed by atoms with Crippen molar-refractivity contribution >= 4 is 11.9 Å². The van der Waals surface area contributed by atoms with E-state index in [0.29, 0.717) is 6.54 Å². The van der Waals surface area contributed by atoms with Crippen LogP contribution >= 0.6 is 0 Å². The van der Waals surface area contributed by atoms with Crippen LogP contribution in [0.25, 0.3) is 0 Å². The molecule has 0 unspecified atom stereocenters. The van der Waals surface area contributed by atoms with Gasteiger partial charge in [0.05, 0.1) is 12.6 Å². The number of aromatic nitrogens is 2. The van der Waals surface area contributed by atoms with Crippen LogP contribution in [0.1, 0.15) is 32.1 Å². The molecule has 1 aromatic heterocycles. The van der Waals surface area contributed by atoms with E-state index in [1.165, 1.54) is 0 Å². The number of piperazine rings is 1. The molecule has 3 aliphatic rings. The highest BCUT2D eigenvalue weighted by Gasteiger charge is 2.45. The molecule has 0 aromatic carbocycles. The normalized spacial score (nSPS) is 30.1. The van der Waals surface area contributed by atoms with Crippen LogP contribution in [-0.4, -0.2) is 82.7 Å². The number of anilines is 1. The minimum Gasteiger partial charge on any atom is -0.392 e. The third-order valence-corrected chi connectivity index (χ3v) is 6.39. The summed E-state index contributed by atoms with van der Waals surface area (Å²) in [5, 5.41) is 10.4. The Labute approximate surface area is 155 Å². The van der Waals surface area contributed by atoms with E-state index in [1.54, 1.807) is 12.4 Å². The predicted molar refractivity (Wildman–Crippen MR) is 98.8 cm³/mol. The Morgan fingerprint density at radius 1 is 1.12 bits per heavy atom. The first-order valence-electron chi connectivity index (χ1n) is 9.86. The molecule has 1 aromatic rings. The lowest BCUT2D eigenvalue weighted by molar-refractivity contribution is -0.137. The quantitative estimate of drug-likeness (QED) is 0.859. The smallest absolute Gasteiger partial charge is 0.236 e. The highest BCUT2D eigenvalue weighted by Crippen LogP contribution is 2.45. The monoisotopic (exact) mass is 359 g/mol. The molecule has 2 atom stereocenters. The van der Waals surface area contributed by atoms with Gasteiger partial charge < -0.3 is 14.9 Å². The fourth-order valence-electron chi connectivity index (χ4n) is 4.82. The summed E-state index contributed by atoms with van der Waals surface area (Å²) in [6.07, 6.45) is 8.43. The van der Waals surface area contributed by atoms with Crippen LogP contribution < -0.4 is 4.90 Å². The average Bonchev–Trinajstić information content (AvgIpc) is 3.02. The van der Waals surface area contributed by atoms with Crippen molar-refractivity contribution in [2.45, 2.75) is 38.2 Å². The lowest BCUT2D eigenvalue weighted by atomic mass is 9.76. The van der Waals surface area contributed by atoms with Gasteiger partial charge in [0.1, 0.15) is 0 Å². The second-order valence-corrected chi connectivity index (χ2v) is 8.00. The van der Waals surface area contributed by atoms with Crippen molar-refractivity contribution < 1.29 is 9.90 Å². The van der Waals surface area contributed by atoms with Gasteiger partial charge in [-0.15, -0.1) is 0 Å². The van der Waals surface area contributed by atoms with Crippen LogP contribution in [-0.2, 0) is 4.79 Å². The van der Waals surface area contributed by atoms with E-state index in [1.807, 2.05) is 11.0 Å². The van der Waals surface area contributed by atoms with Gasteiger partial charge in [0.2, 0.25) is 11.9 Å². The third kappa shape index (κ3) is 3.55. The fourth-order valence-corrected chi connectivity index (χ4v) is 4.82. The summed E-state index contributed by atoms with van der Waals surface area (Å²) in [6, 6.07) is 1.82. The Morgan fingerprint density at radius 3 is 2.54 bits per heavy atom. The summed E-state index contributed by atoms with van der Waals surface area (Å²) in [7, 11) is 0. The largest absolute Gasteiger partial charge is 0.392 e. The first-order chi connectivity index (χ1) is 12.7. The van der Waals surface area contributed by atoms with E-state index in [-0.39, 0.29) is 17.4 Å². The number of hydrogen-bond donors (Lipinski definition) is 1. The second kappa shape index (κ2) is 7.48. The van der Waals surface area contributed by atoms with Crippen LogP contribution in [0.3, 0.4) is 0 Å². The number of piperidine rings is 1. The Balaban J connectivity index is 1.29. The maximum absolute atomic E-state index is 12.8. The Bertz CT molecular complexity index is 620. The molecule has 1 amide bonds. The molecule has 1 saturated carbocycles. The van der Waals surface area contributed by atoms with Gasteiger partial charge in [-0.25, -0.2) is 9.97 Å². The zero-order valence-corrected chi connectivity index (χ0v) is 15.4. The zero-order valence-electron chi connectivity index (χ0n) is 15.4. The Kier molecular flexibility index (Phi) is 5.09. The van der Waals surface area contributed by atoms with Crippen LogP contribution in [0.2, 0.25) is 0 Å². The van der Waals surface area contributed by atoms with Gasteiger partial charge in [-0.05, 0) is 31.7 Å². The van der Waals surface area contributed by atoms with Gasteiger partial charge in [0.25, 0.3) is 0 Å². The topological polar surface area (TPSA) is 72.8 Å². The van der Waals surface area contributed by atoms with Crippen molar-refractivity contribution in [2.24, 2.45) is 5.41 Å². The van der Waals surface area contributed by atoms with E-state index in [0.717, 1.165) is 77.3 Å². The third-order valence-electron chi connectivity index (χ3n) is 6.39. The lowest BCUT2D eigenvalue weighted by Crippen LogP contribution is -2.54. The van der Waals surface area contributed by atoms with E-state index >= 15 is 0 Å². The number of likely N-dealkylation sites (tertiary alicyclic amines) is 1. The van der Waals surface area contributed by atoms with E-state index in [2.05, 4.69) is 19.8 Å². The molecular weight excluding hydrogens is 330 g/mol. The number of carbonyl (C=O) groups excluding carboxylic acids is 1. The van der Waals surface area contributed by atoms with Gasteiger partial charge in [0, 0.05) is 57.1 Å². The number of hydrogen-bond acceptors (Lipinski definition) is 6. The number of rotatable bonds is 3. The SMILES string of the molecule is O=C(CN1CCN(c2ncccn2)CC1)N1CCC[C@]2(CCC[C@H]2O)C1. The molecule has 26 heavy (non-hydrogen) atoms. The highest BCUT2D eigenvalue weighted by molar-refractivity contribution is 5.78. The number of carbonyl (C=O) groups is 1. The molecule has 0 radical (unpaired) electrons. The van der Waals surface area contributed by atoms with Crippen molar-refractivity contribution in [1.82, 2.24) is 19.8 Å². The van der Waals surface area contributed by atoms with E-state index < -0.39 is 0 Å². The van der Waals surface area contributed by atoms with Crippen LogP contribution in [0.4, 0.5) is 5.95 Å². The predicted octanol–water partition coefficient (Wildman–Crippen LogP) is 0.752. The maximum atomic E-state index is 12.8. The summed E-state index contributed by atoms with van der Waals surface area (Å²) in [6.45, 7) is 5.46. The van der Waals surface area contributed by atoms with Gasteiger partial charge in [0.15, 0.2) is 0 Å². The highest BCUT2D eigenvalue weighted by atomic mass is 16.3. The fraction of sp³-hybridized carbons (Fsp3) is 0.737. The summed E-state index contributed by atoms with van der Waals surface area (Å²) in [4.78, 5) is 27.9. The van der Waals surface area contributed by atoms with Crippen LogP contribution in [0, 0.1) is 5.41 Å². The van der Waals surface area contributed by atoms with Crippen LogP contribution in [0.5, 0.6) is 0 Å². The van der Waals surface area contributed by atoms with Gasteiger partial charge in [-0.2, -0.15) is 0 Å². The number of nitrogens with zero attached hydrogens (tertiary/aromatic N) is 5. The van der Waals surface area contributed by atoms with E-state index in [9.17, 15) is 9.90 Å². The summed E-state index contributed by atoms with van der Waals surface area (Å²) < 4.78 is 0. The molecule has 0 bridgehead atoms. The molecule has 1 N–H and O–H groups in total. The van der Waals surface area contributed by atoms with Crippen molar-refractivity contribution in [1.29, 1.82) is 0 Å². The molecular formula is C19H29N5O2. The molecule has 2 aliphatic heterocycles. The Morgan fingerprint density at radius 2 is 1.85 bits per heavy atom. The summed E-state index contributed by atoms with van der Waals surface area (Å²) >= 11 is 0. The summed E-state index contributed by atoms with van der Waals surface area (Å²) in [5.41, 5.74) is -0.0305. The van der Waals surface area contributed by atoms with Crippen molar-refractivity contribution in [2.75, 3.05) is 50.7 Å². The number of aliphatic hydroxyl groups excluding tert-OH is 1. The maximum Gasteiger partial charge on any atom is 0.236 e. The second-order valence-electron chi connectivity index (χ2n) is 8.00. The molecule has 4 rings (SSSR count). The standard InChI is InChI=1S/C19H29N5O2/c25-16-4-1-5-19(16)6-2-9-24(15-19)17(26)14-22-10-12-23(13-11-22)18-20-7-3-8-21-18/h3,7-8,16,25H,1-2,4-6,9-15H2/t16-,19-/m1/s1. The molecule has 1 aliphatic carbocycles. The van der Waals surface area contributed by atoms with Gasteiger partial charge in [-0.3, -0.25) is 9.69 Å². The Hall–Kier alpha value is -1.73. The molecule has 142 valence electrons. The minimum atomic E-state index is -0.229. The van der Waals surface area contributed by atoms with Crippen molar-refractivity contribution in [3.05, 3.63) is 18.5 Å². The zero-order chi connectivity index (χ0) is 18.0. The van der Waals surface area contributed by atoms with Crippen LogP contribution in [0.15, 0.2) is 18.5 Å². The first kappa shape index (κ1) is 17.7. The minimum absolute atomic E-state index is 0.0305. The van der Waals surface area contributed by atoms with E-state index in [4.69, 9.17) is 0 Å². The van der Waals surface area contributed by atoms with Gasteiger partial charge >= 0.3 is 0 Å². The number of aliphatic hydroxyl groups is 1. The molecule has 7 nitrogen and oxygen atoms in total. The number of amides is 1. The molecule has 3 heterocycles.